The van der Waals surface area contributed by atoms with Crippen LogP contribution >= 0.6 is 0 Å². The fraction of sp³-hybridized carbons (Fsp3) is 0.195. The first-order valence-electron chi connectivity index (χ1n) is 16.3. The summed E-state index contributed by atoms with van der Waals surface area (Å²) in [7, 11) is 5.36. The average molecular weight is 687 g/mol. The lowest BCUT2D eigenvalue weighted by Crippen LogP contribution is -2.30. The highest BCUT2D eigenvalue weighted by molar-refractivity contribution is 5.93. The fourth-order valence-electron chi connectivity index (χ4n) is 4.84. The topological polar surface area (TPSA) is 138 Å². The SMILES string of the molecule is CNC(=O)OC(C)(C)C.CNc1ccc(NC)cc1.N=Cc1ccc2cc(C=O)n(Cc3cccc4ccccc34)c2c1.O=Cc1ccccn1. The van der Waals surface area contributed by atoms with Crippen molar-refractivity contribution in [3.63, 3.8) is 0 Å². The molecule has 0 atom stereocenters. The zero-order valence-corrected chi connectivity index (χ0v) is 29.9. The normalized spacial score (nSPS) is 10.2. The maximum absolute atomic E-state index is 11.5. The van der Waals surface area contributed by atoms with Crippen molar-refractivity contribution in [1.82, 2.24) is 14.9 Å². The van der Waals surface area contributed by atoms with Crippen molar-refractivity contribution in [2.75, 3.05) is 31.8 Å². The Hall–Kier alpha value is -6.29. The van der Waals surface area contributed by atoms with Gasteiger partial charge in [-0.05, 0) is 91.2 Å². The van der Waals surface area contributed by atoms with Crippen molar-refractivity contribution in [1.29, 1.82) is 5.41 Å². The molecule has 0 saturated heterocycles. The number of fused-ring (bicyclic) bond motifs is 2. The van der Waals surface area contributed by atoms with Crippen molar-refractivity contribution in [2.24, 2.45) is 0 Å². The number of rotatable bonds is 7. The van der Waals surface area contributed by atoms with Crippen molar-refractivity contribution in [3.05, 3.63) is 138 Å². The van der Waals surface area contributed by atoms with Crippen molar-refractivity contribution < 1.29 is 19.1 Å². The average Bonchev–Trinajstić information content (AvgIpc) is 3.51. The maximum atomic E-state index is 11.5. The Morgan fingerprint density at radius 2 is 1.43 bits per heavy atom. The van der Waals surface area contributed by atoms with Gasteiger partial charge in [0.05, 0.1) is 5.69 Å². The van der Waals surface area contributed by atoms with E-state index >= 15 is 0 Å². The van der Waals surface area contributed by atoms with E-state index in [0.29, 0.717) is 17.9 Å². The lowest BCUT2D eigenvalue weighted by Gasteiger charge is -2.18. The van der Waals surface area contributed by atoms with Gasteiger partial charge in [0, 0.05) is 62.4 Å². The Morgan fingerprint density at radius 1 is 0.784 bits per heavy atom. The summed E-state index contributed by atoms with van der Waals surface area (Å²) in [5, 5.41) is 19.3. The summed E-state index contributed by atoms with van der Waals surface area (Å²) in [6, 6.07) is 35.6. The number of aromatic nitrogens is 2. The third-order valence-electron chi connectivity index (χ3n) is 7.33. The first kappa shape index (κ1) is 39.2. The molecule has 2 heterocycles. The smallest absolute Gasteiger partial charge is 0.407 e. The number of carbonyl (C=O) groups excluding carboxylic acids is 3. The van der Waals surface area contributed by atoms with Crippen LogP contribution in [0.3, 0.4) is 0 Å². The van der Waals surface area contributed by atoms with Gasteiger partial charge in [-0.2, -0.15) is 0 Å². The summed E-state index contributed by atoms with van der Waals surface area (Å²) in [6.07, 6.45) is 4.15. The Labute approximate surface area is 299 Å². The van der Waals surface area contributed by atoms with Crippen molar-refractivity contribution in [2.45, 2.75) is 32.9 Å². The van der Waals surface area contributed by atoms with Crippen LogP contribution in [-0.4, -0.2) is 61.2 Å². The Balaban J connectivity index is 0.000000215. The molecule has 4 aromatic carbocycles. The Bertz CT molecular complexity index is 1990. The zero-order chi connectivity index (χ0) is 37.2. The molecule has 10 nitrogen and oxygen atoms in total. The summed E-state index contributed by atoms with van der Waals surface area (Å²) < 4.78 is 6.86. The molecule has 51 heavy (non-hydrogen) atoms. The molecule has 0 bridgehead atoms. The van der Waals surface area contributed by atoms with Crippen LogP contribution in [0, 0.1) is 5.41 Å². The van der Waals surface area contributed by atoms with Crippen LogP contribution in [0.15, 0.2) is 115 Å². The Kier molecular flexibility index (Phi) is 15.1. The van der Waals surface area contributed by atoms with Crippen molar-refractivity contribution in [3.8, 4) is 0 Å². The molecule has 0 saturated carbocycles. The number of aldehydes is 2. The number of hydrogen-bond donors (Lipinski definition) is 4. The monoisotopic (exact) mass is 686 g/mol. The van der Waals surface area contributed by atoms with E-state index in [-0.39, 0.29) is 11.7 Å². The molecule has 264 valence electrons. The number of carbonyl (C=O) groups is 3. The van der Waals surface area contributed by atoms with Gasteiger partial charge in [0.25, 0.3) is 0 Å². The highest BCUT2D eigenvalue weighted by atomic mass is 16.6. The first-order valence-corrected chi connectivity index (χ1v) is 16.3. The summed E-state index contributed by atoms with van der Waals surface area (Å²) in [6.45, 7) is 6.09. The van der Waals surface area contributed by atoms with Gasteiger partial charge >= 0.3 is 6.09 Å². The van der Waals surface area contributed by atoms with Crippen LogP contribution in [0.5, 0.6) is 0 Å². The van der Waals surface area contributed by atoms with E-state index in [1.54, 1.807) is 24.4 Å². The van der Waals surface area contributed by atoms with Gasteiger partial charge in [-0.1, -0.05) is 60.7 Å². The molecule has 0 spiro atoms. The second kappa shape index (κ2) is 19.6. The minimum absolute atomic E-state index is 0.387. The molecular weight excluding hydrogens is 640 g/mol. The number of alkyl carbamates (subject to hydrolysis) is 1. The predicted molar refractivity (Wildman–Crippen MR) is 209 cm³/mol. The summed E-state index contributed by atoms with van der Waals surface area (Å²) in [5.74, 6) is 0. The second-order valence-corrected chi connectivity index (χ2v) is 12.1. The molecule has 1 amide bonds. The minimum Gasteiger partial charge on any atom is -0.444 e. The van der Waals surface area contributed by atoms with Gasteiger partial charge in [-0.15, -0.1) is 0 Å². The van der Waals surface area contributed by atoms with Crippen molar-refractivity contribution >= 4 is 57.9 Å². The zero-order valence-electron chi connectivity index (χ0n) is 29.9. The molecule has 0 aliphatic carbocycles. The molecular formula is C41H46N6O4. The summed E-state index contributed by atoms with van der Waals surface area (Å²) in [5.41, 5.74) is 6.00. The van der Waals surface area contributed by atoms with Gasteiger partial charge in [-0.3, -0.25) is 14.6 Å². The van der Waals surface area contributed by atoms with E-state index in [1.807, 2.05) is 106 Å². The molecule has 0 aliphatic heterocycles. The van der Waals surface area contributed by atoms with Gasteiger partial charge in [-0.25, -0.2) is 4.79 Å². The molecule has 10 heteroatoms. The first-order chi connectivity index (χ1) is 24.5. The number of hydrogen-bond acceptors (Lipinski definition) is 8. The van der Waals surface area contributed by atoms with Crippen LogP contribution in [0.1, 0.15) is 52.9 Å². The van der Waals surface area contributed by atoms with Crippen LogP contribution in [-0.2, 0) is 11.3 Å². The van der Waals surface area contributed by atoms with Gasteiger partial charge in [0.1, 0.15) is 11.3 Å². The Morgan fingerprint density at radius 3 is 1.94 bits per heavy atom. The summed E-state index contributed by atoms with van der Waals surface area (Å²) in [4.78, 5) is 35.7. The van der Waals surface area contributed by atoms with E-state index in [2.05, 4.69) is 45.2 Å². The minimum atomic E-state index is -0.389. The molecule has 6 rings (SSSR count). The van der Waals surface area contributed by atoms with E-state index in [0.717, 1.165) is 40.4 Å². The lowest BCUT2D eigenvalue weighted by molar-refractivity contribution is 0.0541. The quantitative estimate of drug-likeness (QED) is 0.0977. The molecule has 0 unspecified atom stereocenters. The number of ether oxygens (including phenoxy) is 1. The maximum Gasteiger partial charge on any atom is 0.407 e. The number of benzene rings is 4. The van der Waals surface area contributed by atoms with E-state index in [9.17, 15) is 14.4 Å². The number of pyridine rings is 1. The van der Waals surface area contributed by atoms with E-state index in [1.165, 1.54) is 29.6 Å². The van der Waals surface area contributed by atoms with E-state index in [4.69, 9.17) is 10.1 Å². The number of amides is 1. The van der Waals surface area contributed by atoms with Crippen LogP contribution in [0.4, 0.5) is 16.2 Å². The second-order valence-electron chi connectivity index (χ2n) is 12.1. The van der Waals surface area contributed by atoms with E-state index < -0.39 is 0 Å². The standard InChI is InChI=1S/C21H16N2O.C8H12N2.C6H13NO2.C6H5NO/c22-12-15-8-9-17-11-19(14-24)23(21(17)10-15)13-18-6-3-5-16-4-1-2-7-20(16)18;1-9-7-3-5-8(10-2)6-4-7;1-6(2,3)9-5(8)7-4;8-5-6-3-1-2-4-7-6/h1-12,14,22H,13H2;3-6,9-10H,1-2H3;1-4H3,(H,7,8);1-5H. The molecule has 2 aromatic heterocycles. The van der Waals surface area contributed by atoms with Crippen LogP contribution in [0.2, 0.25) is 0 Å². The summed E-state index contributed by atoms with van der Waals surface area (Å²) >= 11 is 0. The van der Waals surface area contributed by atoms with Gasteiger partial charge < -0.3 is 30.7 Å². The lowest BCUT2D eigenvalue weighted by atomic mass is 10.0. The van der Waals surface area contributed by atoms with Gasteiger partial charge in [0.2, 0.25) is 0 Å². The van der Waals surface area contributed by atoms with Gasteiger partial charge in [0.15, 0.2) is 12.6 Å². The number of nitrogens with zero attached hydrogens (tertiary/aromatic N) is 2. The molecule has 0 fully saturated rings. The highest BCUT2D eigenvalue weighted by Crippen LogP contribution is 2.25. The van der Waals surface area contributed by atoms with Crippen LogP contribution < -0.4 is 16.0 Å². The highest BCUT2D eigenvalue weighted by Gasteiger charge is 2.14. The molecule has 6 aromatic rings. The van der Waals surface area contributed by atoms with Crippen LogP contribution in [0.25, 0.3) is 21.7 Å². The third kappa shape index (κ3) is 12.3. The largest absolute Gasteiger partial charge is 0.444 e. The molecule has 4 N–H and O–H groups in total. The number of nitrogens with one attached hydrogen (secondary N) is 4. The molecule has 0 radical (unpaired) electrons. The third-order valence-corrected chi connectivity index (χ3v) is 7.33. The fourth-order valence-corrected chi connectivity index (χ4v) is 4.84. The predicted octanol–water partition coefficient (Wildman–Crippen LogP) is 8.46. The number of anilines is 2. The molecule has 0 aliphatic rings.